The number of pyridine rings is 1. The third kappa shape index (κ3) is 3.17. The van der Waals surface area contributed by atoms with E-state index in [1.165, 1.54) is 7.11 Å². The summed E-state index contributed by atoms with van der Waals surface area (Å²) in [5, 5.41) is 10.5. The lowest BCUT2D eigenvalue weighted by atomic mass is 9.97. The zero-order valence-electron chi connectivity index (χ0n) is 14.6. The van der Waals surface area contributed by atoms with Crippen molar-refractivity contribution < 1.29 is 13.9 Å². The monoisotopic (exact) mass is 352 g/mol. The maximum Gasteiger partial charge on any atom is 0.266 e. The highest BCUT2D eigenvalue weighted by molar-refractivity contribution is 5.92. The van der Waals surface area contributed by atoms with Crippen LogP contribution in [0.2, 0.25) is 0 Å². The largest absolute Gasteiger partial charge is 0.419 e. The van der Waals surface area contributed by atoms with E-state index in [9.17, 15) is 4.79 Å². The Hall–Kier alpha value is -2.80. The highest BCUT2D eigenvalue weighted by Gasteiger charge is 2.27. The first-order valence-electron chi connectivity index (χ1n) is 8.70. The Bertz CT molecular complexity index is 911. The summed E-state index contributed by atoms with van der Waals surface area (Å²) >= 11 is 0. The normalized spacial score (nSPS) is 15.5. The van der Waals surface area contributed by atoms with Crippen LogP contribution in [0, 0.1) is 0 Å². The number of fused-ring (bicyclic) bond motifs is 1. The first-order chi connectivity index (χ1) is 12.8. The van der Waals surface area contributed by atoms with Gasteiger partial charge >= 0.3 is 0 Å². The summed E-state index contributed by atoms with van der Waals surface area (Å²) in [7, 11) is 1.53. The van der Waals surface area contributed by atoms with Gasteiger partial charge in [0.1, 0.15) is 12.3 Å². The van der Waals surface area contributed by atoms with E-state index in [1.54, 1.807) is 6.20 Å². The molecule has 0 saturated carbocycles. The number of piperidine rings is 1. The molecule has 4 rings (SSSR count). The van der Waals surface area contributed by atoms with E-state index < -0.39 is 0 Å². The van der Waals surface area contributed by atoms with Gasteiger partial charge in [-0.3, -0.25) is 9.78 Å². The van der Waals surface area contributed by atoms with Gasteiger partial charge in [-0.2, -0.15) is 0 Å². The van der Waals surface area contributed by atoms with E-state index in [1.807, 2.05) is 35.2 Å². The molecule has 2 aromatic heterocycles. The standard InChI is InChI=1S/C19H20N4O3/c1-25-12-16(24)23-10-7-14(8-11-23)18-21-22-19(26-18)17-15-5-3-2-4-13(15)6-9-20-17/h2-6,9,14H,7-8,10-12H2,1H3. The first-order valence-corrected chi connectivity index (χ1v) is 8.70. The number of likely N-dealkylation sites (tertiary alicyclic amines) is 1. The van der Waals surface area contributed by atoms with E-state index in [-0.39, 0.29) is 18.4 Å². The van der Waals surface area contributed by atoms with Crippen molar-refractivity contribution in [3.63, 3.8) is 0 Å². The molecule has 134 valence electrons. The lowest BCUT2D eigenvalue weighted by Crippen LogP contribution is -2.39. The van der Waals surface area contributed by atoms with Crippen LogP contribution in [0.1, 0.15) is 24.7 Å². The molecule has 26 heavy (non-hydrogen) atoms. The van der Waals surface area contributed by atoms with Gasteiger partial charge in [0.05, 0.1) is 0 Å². The van der Waals surface area contributed by atoms with E-state index in [0.29, 0.717) is 30.6 Å². The molecule has 1 aromatic carbocycles. The molecule has 0 radical (unpaired) electrons. The van der Waals surface area contributed by atoms with Gasteiger partial charge < -0.3 is 14.1 Å². The lowest BCUT2D eigenvalue weighted by molar-refractivity contribution is -0.136. The molecule has 1 fully saturated rings. The zero-order valence-corrected chi connectivity index (χ0v) is 14.6. The molecular formula is C19H20N4O3. The van der Waals surface area contributed by atoms with Gasteiger partial charge in [0.2, 0.25) is 11.8 Å². The van der Waals surface area contributed by atoms with Gasteiger partial charge in [-0.1, -0.05) is 24.3 Å². The van der Waals surface area contributed by atoms with Crippen LogP contribution in [0.4, 0.5) is 0 Å². The Labute approximate surface area is 151 Å². The number of amides is 1. The Morgan fingerprint density at radius 3 is 2.85 bits per heavy atom. The molecule has 7 heteroatoms. The number of benzene rings is 1. The van der Waals surface area contributed by atoms with Crippen molar-refractivity contribution >= 4 is 16.7 Å². The minimum Gasteiger partial charge on any atom is -0.419 e. The molecule has 0 N–H and O–H groups in total. The van der Waals surface area contributed by atoms with Crippen LogP contribution in [0.3, 0.4) is 0 Å². The number of ether oxygens (including phenoxy) is 1. The summed E-state index contributed by atoms with van der Waals surface area (Å²) in [4.78, 5) is 18.1. The summed E-state index contributed by atoms with van der Waals surface area (Å²) < 4.78 is 10.9. The Morgan fingerprint density at radius 2 is 2.04 bits per heavy atom. The fourth-order valence-electron chi connectivity index (χ4n) is 3.38. The van der Waals surface area contributed by atoms with Gasteiger partial charge in [0.25, 0.3) is 5.89 Å². The van der Waals surface area contributed by atoms with Crippen molar-refractivity contribution in [2.45, 2.75) is 18.8 Å². The third-order valence-electron chi connectivity index (χ3n) is 4.78. The number of methoxy groups -OCH3 is 1. The van der Waals surface area contributed by atoms with Crippen molar-refractivity contribution in [2.24, 2.45) is 0 Å². The number of carbonyl (C=O) groups is 1. The van der Waals surface area contributed by atoms with E-state index in [0.717, 1.165) is 23.6 Å². The van der Waals surface area contributed by atoms with Gasteiger partial charge in [0, 0.05) is 37.7 Å². The van der Waals surface area contributed by atoms with Crippen LogP contribution in [0.5, 0.6) is 0 Å². The fraction of sp³-hybridized carbons (Fsp3) is 0.368. The summed E-state index contributed by atoms with van der Waals surface area (Å²) in [6.45, 7) is 1.48. The molecule has 1 aliphatic rings. The number of nitrogens with zero attached hydrogens (tertiary/aromatic N) is 4. The Balaban J connectivity index is 1.51. The number of rotatable bonds is 4. The maximum atomic E-state index is 11.9. The average Bonchev–Trinajstić information content (AvgIpc) is 3.18. The van der Waals surface area contributed by atoms with Gasteiger partial charge in [-0.05, 0) is 24.3 Å². The molecule has 0 spiro atoms. The minimum atomic E-state index is 0.0251. The third-order valence-corrected chi connectivity index (χ3v) is 4.78. The molecule has 1 saturated heterocycles. The predicted octanol–water partition coefficient (Wildman–Crippen LogP) is 2.64. The van der Waals surface area contributed by atoms with E-state index >= 15 is 0 Å². The molecular weight excluding hydrogens is 332 g/mol. The SMILES string of the molecule is COCC(=O)N1CCC(c2nnc(-c3nccc4ccccc34)o2)CC1. The van der Waals surface area contributed by atoms with Crippen LogP contribution in [0.15, 0.2) is 40.9 Å². The van der Waals surface area contributed by atoms with Crippen molar-refractivity contribution in [1.82, 2.24) is 20.1 Å². The highest BCUT2D eigenvalue weighted by Crippen LogP contribution is 2.31. The van der Waals surface area contributed by atoms with Crippen molar-refractivity contribution in [2.75, 3.05) is 26.8 Å². The fourth-order valence-corrected chi connectivity index (χ4v) is 3.38. The van der Waals surface area contributed by atoms with Crippen LogP contribution >= 0.6 is 0 Å². The molecule has 0 atom stereocenters. The van der Waals surface area contributed by atoms with E-state index in [2.05, 4.69) is 15.2 Å². The summed E-state index contributed by atoms with van der Waals surface area (Å²) in [5.41, 5.74) is 0.703. The molecule has 3 aromatic rings. The molecule has 1 amide bonds. The topological polar surface area (TPSA) is 81.4 Å². The molecule has 7 nitrogen and oxygen atoms in total. The summed E-state index contributed by atoms with van der Waals surface area (Å²) in [6.07, 6.45) is 3.36. The van der Waals surface area contributed by atoms with Crippen molar-refractivity contribution in [1.29, 1.82) is 0 Å². The molecule has 0 bridgehead atoms. The second kappa shape index (κ2) is 7.21. The quantitative estimate of drug-likeness (QED) is 0.718. The van der Waals surface area contributed by atoms with Gasteiger partial charge in [-0.25, -0.2) is 0 Å². The molecule has 3 heterocycles. The van der Waals surface area contributed by atoms with E-state index in [4.69, 9.17) is 9.15 Å². The summed E-state index contributed by atoms with van der Waals surface area (Å²) in [5.74, 6) is 1.25. The van der Waals surface area contributed by atoms with Crippen LogP contribution in [0.25, 0.3) is 22.4 Å². The number of hydrogen-bond donors (Lipinski definition) is 0. The smallest absolute Gasteiger partial charge is 0.266 e. The number of hydrogen-bond acceptors (Lipinski definition) is 6. The highest BCUT2D eigenvalue weighted by atomic mass is 16.5. The Morgan fingerprint density at radius 1 is 1.23 bits per heavy atom. The minimum absolute atomic E-state index is 0.0251. The molecule has 0 aliphatic carbocycles. The van der Waals surface area contributed by atoms with Crippen LogP contribution < -0.4 is 0 Å². The van der Waals surface area contributed by atoms with Crippen LogP contribution in [-0.4, -0.2) is 52.8 Å². The second-order valence-electron chi connectivity index (χ2n) is 6.41. The van der Waals surface area contributed by atoms with Crippen LogP contribution in [-0.2, 0) is 9.53 Å². The van der Waals surface area contributed by atoms with Crippen molar-refractivity contribution in [3.05, 3.63) is 42.4 Å². The Kier molecular flexibility index (Phi) is 4.62. The average molecular weight is 352 g/mol. The molecule has 0 unspecified atom stereocenters. The number of carbonyl (C=O) groups excluding carboxylic acids is 1. The maximum absolute atomic E-state index is 11.9. The first kappa shape index (κ1) is 16.7. The van der Waals surface area contributed by atoms with Gasteiger partial charge in [-0.15, -0.1) is 10.2 Å². The lowest BCUT2D eigenvalue weighted by Gasteiger charge is -2.30. The van der Waals surface area contributed by atoms with Gasteiger partial charge in [0.15, 0.2) is 0 Å². The second-order valence-corrected chi connectivity index (χ2v) is 6.41. The predicted molar refractivity (Wildman–Crippen MR) is 95.5 cm³/mol. The zero-order chi connectivity index (χ0) is 17.9. The number of aromatic nitrogens is 3. The molecule has 1 aliphatic heterocycles. The van der Waals surface area contributed by atoms with Crippen molar-refractivity contribution in [3.8, 4) is 11.6 Å². The summed E-state index contributed by atoms with van der Waals surface area (Å²) in [6, 6.07) is 9.95.